The molecular formula is C37H35Cl3N8O11S4. The Bertz CT molecular complexity index is 3160. The summed E-state index contributed by atoms with van der Waals surface area (Å²) in [5, 5.41) is 32.8. The highest BCUT2D eigenvalue weighted by Crippen LogP contribution is 2.37. The summed E-state index contributed by atoms with van der Waals surface area (Å²) >= 11 is 17.4. The van der Waals surface area contributed by atoms with Gasteiger partial charge in [-0.05, 0) is 73.5 Å². The number of rotatable bonds is 6. The van der Waals surface area contributed by atoms with E-state index in [0.29, 0.717) is 11.1 Å². The minimum absolute atomic E-state index is 0.0143. The molecule has 2 amide bonds. The van der Waals surface area contributed by atoms with Crippen LogP contribution in [-0.2, 0) is 52.2 Å². The first-order valence-corrected chi connectivity index (χ1v) is 25.1. The van der Waals surface area contributed by atoms with Crippen molar-refractivity contribution in [2.24, 2.45) is 15.4 Å². The van der Waals surface area contributed by atoms with Gasteiger partial charge in [-0.1, -0.05) is 77.3 Å². The molecule has 334 valence electrons. The first-order valence-electron chi connectivity index (χ1n) is 17.8. The second-order valence-electron chi connectivity index (χ2n) is 13.9. The number of nitrogens with one attached hydrogen (secondary N) is 4. The van der Waals surface area contributed by atoms with Crippen LogP contribution in [0.1, 0.15) is 44.3 Å². The fourth-order valence-electron chi connectivity index (χ4n) is 6.66. The fourth-order valence-corrected chi connectivity index (χ4v) is 11.1. The molecule has 0 saturated carbocycles. The molecule has 8 rings (SSSR count). The standard InChI is InChI=1S/C16H16ClN3O3S.C14H11ClN2O4S.C7H8ClN3O4S2/c1-10-8-11-4-2-3-5-14(11)20(10)19-16(21)12-6-7-13(17)15(9-12)24(18,22)23;15-11-6-5-8(7-12(11)22(16,20)21)14(19)10-4-2-1-3-9(10)13(18)17-14;8-4-1-5-7(2-6(4)16(9,12)13)17(14,15)11-3-10-5/h2-7,9-10H,8H2,1H3,(H,19,21)(H2,18,22,23);1-7,19H,(H,17,18)(H2,16,20,21);1-2,10-11H,3H2,(H2,9,12,13). The topological polar surface area (TPSA) is 320 Å². The summed E-state index contributed by atoms with van der Waals surface area (Å²) in [7, 11) is -15.9. The summed E-state index contributed by atoms with van der Waals surface area (Å²) in [4.78, 5) is 23.3. The number of primary sulfonamides is 3. The average molecular weight is 1000 g/mol. The average Bonchev–Trinajstić information content (AvgIpc) is 3.65. The molecule has 19 nitrogen and oxygen atoms in total. The van der Waals surface area contributed by atoms with Crippen LogP contribution in [0.4, 0.5) is 11.4 Å². The van der Waals surface area contributed by atoms with E-state index in [1.807, 2.05) is 31.2 Å². The number of hydrogen-bond acceptors (Lipinski definition) is 13. The van der Waals surface area contributed by atoms with Gasteiger partial charge in [-0.15, -0.1) is 0 Å². The third kappa shape index (κ3) is 10.1. The van der Waals surface area contributed by atoms with Crippen LogP contribution < -0.4 is 41.2 Å². The monoisotopic (exact) mass is 1000 g/mol. The molecule has 26 heteroatoms. The SMILES string of the molecule is CC1Cc2ccccc2N1NC(=O)c1ccc(Cl)c(S(N)(=O)=O)c1.NS(=O)(=O)c1cc(C2(O)NC(=O)c3ccccc32)ccc1Cl.NS(=O)(=O)c1cc2c(cc1Cl)NCNS2(=O)=O. The van der Waals surface area contributed by atoms with Gasteiger partial charge in [0.15, 0.2) is 5.72 Å². The van der Waals surface area contributed by atoms with E-state index in [-0.39, 0.29) is 59.3 Å². The van der Waals surface area contributed by atoms with E-state index in [9.17, 15) is 48.4 Å². The summed E-state index contributed by atoms with van der Waals surface area (Å²) in [5.41, 5.74) is 4.26. The van der Waals surface area contributed by atoms with Crippen molar-refractivity contribution in [1.29, 1.82) is 0 Å². The van der Waals surface area contributed by atoms with E-state index in [1.54, 1.807) is 29.3 Å². The minimum Gasteiger partial charge on any atom is -0.370 e. The second-order valence-corrected chi connectivity index (χ2v) is 21.5. The molecule has 63 heavy (non-hydrogen) atoms. The summed E-state index contributed by atoms with van der Waals surface area (Å²) in [6.45, 7) is 2.01. The highest BCUT2D eigenvalue weighted by atomic mass is 35.5. The van der Waals surface area contributed by atoms with Crippen LogP contribution >= 0.6 is 34.8 Å². The summed E-state index contributed by atoms with van der Waals surface area (Å²) in [5.74, 6) is -0.884. The lowest BCUT2D eigenvalue weighted by Gasteiger charge is -2.25. The van der Waals surface area contributed by atoms with Crippen molar-refractivity contribution in [3.05, 3.63) is 140 Å². The maximum atomic E-state index is 12.5. The van der Waals surface area contributed by atoms with Crippen molar-refractivity contribution in [3.8, 4) is 0 Å². The molecule has 0 aromatic heterocycles. The lowest BCUT2D eigenvalue weighted by molar-refractivity contribution is 0.0474. The van der Waals surface area contributed by atoms with Crippen LogP contribution in [0.25, 0.3) is 0 Å². The third-order valence-electron chi connectivity index (χ3n) is 9.61. The van der Waals surface area contributed by atoms with Crippen LogP contribution in [0.3, 0.4) is 0 Å². The predicted molar refractivity (Wildman–Crippen MR) is 234 cm³/mol. The second kappa shape index (κ2) is 17.6. The van der Waals surface area contributed by atoms with Crippen molar-refractivity contribution in [3.63, 3.8) is 0 Å². The summed E-state index contributed by atoms with van der Waals surface area (Å²) in [6, 6.07) is 24.4. The van der Waals surface area contributed by atoms with Gasteiger partial charge in [0.2, 0.25) is 40.1 Å². The molecule has 0 spiro atoms. The number of nitrogens with two attached hydrogens (primary N) is 3. The lowest BCUT2D eigenvalue weighted by Crippen LogP contribution is -2.45. The van der Waals surface area contributed by atoms with E-state index in [4.69, 9.17) is 50.2 Å². The molecule has 0 bridgehead atoms. The van der Waals surface area contributed by atoms with Crippen molar-refractivity contribution < 1.29 is 48.4 Å². The van der Waals surface area contributed by atoms with Gasteiger partial charge in [0, 0.05) is 22.3 Å². The Balaban J connectivity index is 0.000000160. The number of nitrogens with zero attached hydrogens (tertiary/aromatic N) is 1. The van der Waals surface area contributed by atoms with Crippen molar-refractivity contribution in [1.82, 2.24) is 15.5 Å². The highest BCUT2D eigenvalue weighted by Gasteiger charge is 2.43. The molecule has 5 aromatic rings. The van der Waals surface area contributed by atoms with E-state index in [2.05, 4.69) is 20.8 Å². The lowest BCUT2D eigenvalue weighted by atomic mass is 9.94. The normalized spacial score (nSPS) is 18.5. The zero-order valence-corrected chi connectivity index (χ0v) is 37.7. The molecule has 0 fully saturated rings. The van der Waals surface area contributed by atoms with Gasteiger partial charge < -0.3 is 15.7 Å². The van der Waals surface area contributed by atoms with Crippen LogP contribution in [0, 0.1) is 0 Å². The Labute approximate surface area is 376 Å². The molecule has 0 aliphatic carbocycles. The summed E-state index contributed by atoms with van der Waals surface area (Å²) < 4.78 is 94.1. The number of halogens is 3. The van der Waals surface area contributed by atoms with Gasteiger partial charge in [-0.2, -0.15) is 4.72 Å². The quantitative estimate of drug-likeness (QED) is 0.122. The molecular weight excluding hydrogens is 967 g/mol. The molecule has 2 unspecified atom stereocenters. The van der Waals surface area contributed by atoms with Crippen LogP contribution in [-0.4, -0.2) is 63.3 Å². The first kappa shape index (κ1) is 47.6. The molecule has 3 aliphatic heterocycles. The Hall–Kier alpha value is -4.89. The molecule has 2 atom stereocenters. The van der Waals surface area contributed by atoms with Crippen LogP contribution in [0.5, 0.6) is 0 Å². The maximum absolute atomic E-state index is 12.5. The number of para-hydroxylation sites is 1. The molecule has 3 aliphatic rings. The molecule has 3 heterocycles. The van der Waals surface area contributed by atoms with Gasteiger partial charge in [-0.25, -0.2) is 49.1 Å². The van der Waals surface area contributed by atoms with E-state index in [0.717, 1.165) is 29.8 Å². The number of aliphatic hydroxyl groups is 1. The van der Waals surface area contributed by atoms with Crippen molar-refractivity contribution in [2.45, 2.75) is 44.7 Å². The van der Waals surface area contributed by atoms with E-state index >= 15 is 0 Å². The Kier molecular flexibility index (Phi) is 13.3. The minimum atomic E-state index is -4.07. The molecule has 11 N–H and O–H groups in total. The number of benzene rings is 5. The molecule has 0 radical (unpaired) electrons. The number of carbonyl (C=O) groups excluding carboxylic acids is 2. The van der Waals surface area contributed by atoms with E-state index in [1.165, 1.54) is 36.4 Å². The summed E-state index contributed by atoms with van der Waals surface area (Å²) in [6.07, 6.45) is 0.819. The van der Waals surface area contributed by atoms with Gasteiger partial charge in [0.25, 0.3) is 11.8 Å². The van der Waals surface area contributed by atoms with Gasteiger partial charge in [0.1, 0.15) is 19.6 Å². The Morgan fingerprint density at radius 3 is 2.02 bits per heavy atom. The number of hydrogen-bond donors (Lipinski definition) is 8. The zero-order valence-electron chi connectivity index (χ0n) is 32.2. The number of hydrazine groups is 1. The number of sulfonamides is 4. The highest BCUT2D eigenvalue weighted by molar-refractivity contribution is 7.90. The number of fused-ring (bicyclic) bond motifs is 3. The zero-order chi connectivity index (χ0) is 46.4. The van der Waals surface area contributed by atoms with Crippen molar-refractivity contribution in [2.75, 3.05) is 17.0 Å². The van der Waals surface area contributed by atoms with Crippen LogP contribution in [0.2, 0.25) is 15.1 Å². The van der Waals surface area contributed by atoms with Crippen LogP contribution in [0.15, 0.2) is 117 Å². The van der Waals surface area contributed by atoms with Crippen molar-refractivity contribution >= 4 is 98.1 Å². The first-order chi connectivity index (χ1) is 29.2. The third-order valence-corrected chi connectivity index (χ3v) is 15.2. The number of carbonyl (C=O) groups is 2. The predicted octanol–water partition coefficient (Wildman–Crippen LogP) is 2.66. The van der Waals surface area contributed by atoms with E-state index < -0.39 is 62.5 Å². The Morgan fingerprint density at radius 1 is 0.794 bits per heavy atom. The maximum Gasteiger partial charge on any atom is 0.269 e. The van der Waals surface area contributed by atoms with Gasteiger partial charge in [0.05, 0.1) is 39.2 Å². The number of amides is 2. The Morgan fingerprint density at radius 2 is 1.37 bits per heavy atom. The van der Waals surface area contributed by atoms with Gasteiger partial charge >= 0.3 is 0 Å². The fraction of sp³-hybridized carbons (Fsp3) is 0.135. The molecule has 5 aromatic carbocycles. The smallest absolute Gasteiger partial charge is 0.269 e. The van der Waals surface area contributed by atoms with Gasteiger partial charge in [-0.3, -0.25) is 20.0 Å². The molecule has 0 saturated heterocycles. The largest absolute Gasteiger partial charge is 0.370 e. The number of anilines is 2.